The number of nitrogens with zero attached hydrogens (tertiary/aromatic N) is 3. The van der Waals surface area contributed by atoms with Crippen molar-refractivity contribution in [1.82, 2.24) is 14.8 Å². The van der Waals surface area contributed by atoms with Crippen LogP contribution in [0.25, 0.3) is 0 Å². The highest BCUT2D eigenvalue weighted by atomic mass is 35.5. The van der Waals surface area contributed by atoms with Crippen molar-refractivity contribution < 1.29 is 13.9 Å². The molecular formula is C18H14ClFN4O2. The Morgan fingerprint density at radius 2 is 2.15 bits per heavy atom. The number of hydrogen-bond donors (Lipinski definition) is 1. The van der Waals surface area contributed by atoms with Crippen LogP contribution in [0.2, 0.25) is 5.02 Å². The van der Waals surface area contributed by atoms with Gasteiger partial charge in [0, 0.05) is 5.56 Å². The van der Waals surface area contributed by atoms with Crippen molar-refractivity contribution in [2.45, 2.75) is 19.1 Å². The lowest BCUT2D eigenvalue weighted by molar-refractivity contribution is -0.117. The predicted molar refractivity (Wildman–Crippen MR) is 93.6 cm³/mol. The largest absolute Gasteiger partial charge is 0.489 e. The molecule has 0 saturated carbocycles. The third-order valence-electron chi connectivity index (χ3n) is 4.19. The Hall–Kier alpha value is -2.93. The van der Waals surface area contributed by atoms with E-state index in [9.17, 15) is 9.18 Å². The zero-order chi connectivity index (χ0) is 18.1. The predicted octanol–water partition coefficient (Wildman–Crippen LogP) is 3.58. The van der Waals surface area contributed by atoms with Gasteiger partial charge >= 0.3 is 0 Å². The van der Waals surface area contributed by atoms with E-state index in [-0.39, 0.29) is 25.0 Å². The minimum Gasteiger partial charge on any atom is -0.489 e. The lowest BCUT2D eigenvalue weighted by Gasteiger charge is -2.24. The molecule has 2 heterocycles. The van der Waals surface area contributed by atoms with Gasteiger partial charge in [0.1, 0.15) is 24.5 Å². The molecule has 1 N–H and O–H groups in total. The van der Waals surface area contributed by atoms with E-state index in [0.29, 0.717) is 22.3 Å². The SMILES string of the molecule is O=C1C[C@H](c2cccc(OCc3c(F)cccc3Cl)c2)n2ncnc2N1. The maximum absolute atomic E-state index is 13.9. The van der Waals surface area contributed by atoms with Gasteiger partial charge in [-0.15, -0.1) is 0 Å². The maximum Gasteiger partial charge on any atom is 0.229 e. The molecule has 0 fully saturated rings. The average molecular weight is 373 g/mol. The second-order valence-electron chi connectivity index (χ2n) is 5.86. The van der Waals surface area contributed by atoms with E-state index in [1.54, 1.807) is 22.9 Å². The molecule has 1 aliphatic rings. The van der Waals surface area contributed by atoms with Crippen molar-refractivity contribution in [2.24, 2.45) is 0 Å². The Labute approximate surface area is 153 Å². The fourth-order valence-corrected chi connectivity index (χ4v) is 3.12. The van der Waals surface area contributed by atoms with Crippen LogP contribution >= 0.6 is 11.6 Å². The van der Waals surface area contributed by atoms with Crippen LogP contribution in [0.3, 0.4) is 0 Å². The average Bonchev–Trinajstić information content (AvgIpc) is 3.09. The van der Waals surface area contributed by atoms with E-state index < -0.39 is 5.82 Å². The van der Waals surface area contributed by atoms with Gasteiger partial charge in [-0.05, 0) is 29.8 Å². The van der Waals surface area contributed by atoms with Crippen LogP contribution in [-0.2, 0) is 11.4 Å². The molecule has 1 aliphatic heterocycles. The molecule has 4 rings (SSSR count). The highest BCUT2D eigenvalue weighted by Crippen LogP contribution is 2.30. The summed E-state index contributed by atoms with van der Waals surface area (Å²) in [6.07, 6.45) is 1.65. The number of benzene rings is 2. The molecule has 132 valence electrons. The number of ether oxygens (including phenoxy) is 1. The van der Waals surface area contributed by atoms with Gasteiger partial charge in [-0.25, -0.2) is 9.07 Å². The van der Waals surface area contributed by atoms with Crippen molar-refractivity contribution in [3.63, 3.8) is 0 Å². The number of aromatic nitrogens is 3. The van der Waals surface area contributed by atoms with E-state index in [1.807, 2.05) is 18.2 Å². The first-order valence-electron chi connectivity index (χ1n) is 7.97. The van der Waals surface area contributed by atoms with Crippen molar-refractivity contribution in [2.75, 3.05) is 5.32 Å². The number of hydrogen-bond acceptors (Lipinski definition) is 4. The summed E-state index contributed by atoms with van der Waals surface area (Å²) < 4.78 is 21.2. The summed E-state index contributed by atoms with van der Waals surface area (Å²) in [6, 6.07) is 11.5. The molecular weight excluding hydrogens is 359 g/mol. The first-order chi connectivity index (χ1) is 12.6. The number of rotatable bonds is 4. The molecule has 6 nitrogen and oxygen atoms in total. The van der Waals surface area contributed by atoms with Gasteiger partial charge in [0.25, 0.3) is 0 Å². The Balaban J connectivity index is 1.57. The van der Waals surface area contributed by atoms with Crippen LogP contribution in [0.5, 0.6) is 5.75 Å². The summed E-state index contributed by atoms with van der Waals surface area (Å²) in [6.45, 7) is 0.00862. The van der Waals surface area contributed by atoms with Crippen molar-refractivity contribution in [1.29, 1.82) is 0 Å². The summed E-state index contributed by atoms with van der Waals surface area (Å²) in [5.74, 6) is 0.426. The van der Waals surface area contributed by atoms with E-state index in [0.717, 1.165) is 5.56 Å². The second-order valence-corrected chi connectivity index (χ2v) is 6.26. The minimum atomic E-state index is -0.412. The summed E-state index contributed by atoms with van der Waals surface area (Å²) in [7, 11) is 0. The standard InChI is InChI=1S/C18H14ClFN4O2/c19-14-5-2-6-15(20)13(14)9-26-12-4-1-3-11(7-12)16-8-17(25)23-18-21-10-22-24(16)18/h1-7,10,16H,8-9H2,(H,21,22,23,25)/t16-/m1/s1. The van der Waals surface area contributed by atoms with E-state index in [1.165, 1.54) is 12.4 Å². The second kappa shape index (κ2) is 6.76. The minimum absolute atomic E-state index is 0.00862. The normalized spacial score (nSPS) is 16.1. The maximum atomic E-state index is 13.9. The summed E-state index contributed by atoms with van der Waals surface area (Å²) in [5, 5.41) is 7.17. The first-order valence-corrected chi connectivity index (χ1v) is 8.34. The molecule has 3 aromatic rings. The quantitative estimate of drug-likeness (QED) is 0.760. The lowest BCUT2D eigenvalue weighted by atomic mass is 10.0. The number of carbonyl (C=O) groups excluding carboxylic acids is 1. The van der Waals surface area contributed by atoms with Crippen LogP contribution in [0.1, 0.15) is 23.6 Å². The molecule has 1 amide bonds. The van der Waals surface area contributed by atoms with Crippen molar-refractivity contribution in [3.8, 4) is 5.75 Å². The number of halogens is 2. The molecule has 0 aliphatic carbocycles. The zero-order valence-corrected chi connectivity index (χ0v) is 14.3. The van der Waals surface area contributed by atoms with Gasteiger partial charge in [0.05, 0.1) is 17.5 Å². The fraction of sp³-hybridized carbons (Fsp3) is 0.167. The van der Waals surface area contributed by atoms with Crippen LogP contribution in [0.15, 0.2) is 48.8 Å². The number of anilines is 1. The van der Waals surface area contributed by atoms with Gasteiger partial charge in [-0.3, -0.25) is 10.1 Å². The topological polar surface area (TPSA) is 69.0 Å². The summed E-state index contributed by atoms with van der Waals surface area (Å²) in [4.78, 5) is 15.9. The molecule has 8 heteroatoms. The Morgan fingerprint density at radius 3 is 3.00 bits per heavy atom. The molecule has 0 saturated heterocycles. The third kappa shape index (κ3) is 3.13. The van der Waals surface area contributed by atoms with Crippen LogP contribution in [0, 0.1) is 5.82 Å². The van der Waals surface area contributed by atoms with E-state index in [2.05, 4.69) is 15.4 Å². The van der Waals surface area contributed by atoms with Gasteiger partial charge < -0.3 is 4.74 Å². The Bertz CT molecular complexity index is 955. The molecule has 2 aromatic carbocycles. The molecule has 0 spiro atoms. The Kier molecular flexibility index (Phi) is 4.30. The lowest BCUT2D eigenvalue weighted by Crippen LogP contribution is -2.29. The van der Waals surface area contributed by atoms with Gasteiger partial charge in [0.15, 0.2) is 0 Å². The van der Waals surface area contributed by atoms with E-state index >= 15 is 0 Å². The summed E-state index contributed by atoms with van der Waals surface area (Å²) in [5.41, 5.74) is 1.15. The molecule has 0 radical (unpaired) electrons. The third-order valence-corrected chi connectivity index (χ3v) is 4.54. The zero-order valence-electron chi connectivity index (χ0n) is 13.5. The van der Waals surface area contributed by atoms with Crippen molar-refractivity contribution in [3.05, 3.63) is 70.8 Å². The van der Waals surface area contributed by atoms with Crippen LogP contribution in [0.4, 0.5) is 10.3 Å². The van der Waals surface area contributed by atoms with Crippen molar-refractivity contribution >= 4 is 23.5 Å². The monoisotopic (exact) mass is 372 g/mol. The van der Waals surface area contributed by atoms with Gasteiger partial charge in [-0.1, -0.05) is 29.8 Å². The highest BCUT2D eigenvalue weighted by Gasteiger charge is 2.27. The van der Waals surface area contributed by atoms with Crippen LogP contribution in [-0.4, -0.2) is 20.7 Å². The molecule has 1 atom stereocenters. The molecule has 26 heavy (non-hydrogen) atoms. The number of fused-ring (bicyclic) bond motifs is 1. The smallest absolute Gasteiger partial charge is 0.229 e. The summed E-state index contributed by atoms with van der Waals surface area (Å²) >= 11 is 6.03. The number of amides is 1. The fourth-order valence-electron chi connectivity index (χ4n) is 2.90. The van der Waals surface area contributed by atoms with E-state index in [4.69, 9.17) is 16.3 Å². The molecule has 1 aromatic heterocycles. The Morgan fingerprint density at radius 1 is 1.31 bits per heavy atom. The first kappa shape index (κ1) is 16.5. The van der Waals surface area contributed by atoms with Gasteiger partial charge in [0.2, 0.25) is 11.9 Å². The van der Waals surface area contributed by atoms with Crippen LogP contribution < -0.4 is 10.1 Å². The molecule has 0 unspecified atom stereocenters. The number of carbonyl (C=O) groups is 1. The highest BCUT2D eigenvalue weighted by molar-refractivity contribution is 6.31. The molecule has 0 bridgehead atoms. The number of nitrogens with one attached hydrogen (secondary N) is 1. The van der Waals surface area contributed by atoms with Gasteiger partial charge in [-0.2, -0.15) is 10.1 Å².